The molecule has 0 radical (unpaired) electrons. The number of imidazole rings is 1. The van der Waals surface area contributed by atoms with E-state index in [1.54, 1.807) is 25.5 Å². The summed E-state index contributed by atoms with van der Waals surface area (Å²) in [7, 11) is -1.62. The van der Waals surface area contributed by atoms with Crippen molar-refractivity contribution in [2.24, 2.45) is 0 Å². The van der Waals surface area contributed by atoms with Crippen molar-refractivity contribution in [3.05, 3.63) is 4.73 Å². The molecule has 0 aliphatic rings. The quantitative estimate of drug-likeness (QED) is 0.311. The molecule has 2 rings (SSSR count). The number of nitrogen functional groups attached to an aromatic ring is 1. The van der Waals surface area contributed by atoms with Gasteiger partial charge in [-0.05, 0) is 29.8 Å². The van der Waals surface area contributed by atoms with Gasteiger partial charge in [0, 0.05) is 13.7 Å². The number of halogens is 1. The molecule has 0 saturated heterocycles. The maximum Gasteiger partial charge on any atom is 0.332 e. The van der Waals surface area contributed by atoms with E-state index in [2.05, 4.69) is 30.9 Å². The highest BCUT2D eigenvalue weighted by Crippen LogP contribution is 2.48. The Bertz CT molecular complexity index is 777. The van der Waals surface area contributed by atoms with Gasteiger partial charge in [0.2, 0.25) is 0 Å². The van der Waals surface area contributed by atoms with Gasteiger partial charge in [-0.2, -0.15) is 9.97 Å². The number of rotatable bonds is 11. The predicted molar refractivity (Wildman–Crippen MR) is 101 cm³/mol. The molecule has 0 fully saturated rings. The standard InChI is InChI=1S/C14H23BrN5O5P/c1-4-24-26(21,25-5-2)9-6-20-12-10(17-13(20)15)11(16)18-14(19-12)23-8-7-22-3/h4-9H2,1-3H3,(H2,16,18,19). The Kier molecular flexibility index (Phi) is 7.78. The van der Waals surface area contributed by atoms with E-state index in [1.165, 1.54) is 0 Å². The monoisotopic (exact) mass is 451 g/mol. The Morgan fingerprint density at radius 3 is 2.46 bits per heavy atom. The Balaban J connectivity index is 2.28. The van der Waals surface area contributed by atoms with E-state index in [9.17, 15) is 4.57 Å². The maximum absolute atomic E-state index is 12.7. The SMILES string of the molecule is CCOP(=O)(CCn1c(Br)nc2c(N)nc(OCCOC)nc21)OCC. The number of nitrogens with two attached hydrogens (primary N) is 1. The summed E-state index contributed by atoms with van der Waals surface area (Å²) >= 11 is 3.37. The number of aromatic nitrogens is 4. The lowest BCUT2D eigenvalue weighted by Crippen LogP contribution is -2.10. The van der Waals surface area contributed by atoms with Crippen LogP contribution in [0.5, 0.6) is 6.01 Å². The van der Waals surface area contributed by atoms with Crippen molar-refractivity contribution >= 4 is 40.5 Å². The van der Waals surface area contributed by atoms with Gasteiger partial charge in [-0.25, -0.2) is 4.98 Å². The van der Waals surface area contributed by atoms with Crippen LogP contribution in [0.1, 0.15) is 13.8 Å². The lowest BCUT2D eigenvalue weighted by molar-refractivity contribution is 0.141. The van der Waals surface area contributed by atoms with Crippen LogP contribution in [0.2, 0.25) is 0 Å². The predicted octanol–water partition coefficient (Wildman–Crippen LogP) is 2.46. The highest BCUT2D eigenvalue weighted by Gasteiger charge is 2.25. The van der Waals surface area contributed by atoms with Crippen LogP contribution in [0.4, 0.5) is 5.82 Å². The Hall–Kier alpha value is -1.26. The number of hydrogen-bond acceptors (Lipinski definition) is 9. The molecule has 10 nitrogen and oxygen atoms in total. The molecule has 0 aliphatic heterocycles. The van der Waals surface area contributed by atoms with E-state index in [1.807, 2.05) is 0 Å². The number of ether oxygens (including phenoxy) is 2. The Morgan fingerprint density at radius 2 is 1.85 bits per heavy atom. The van der Waals surface area contributed by atoms with Gasteiger partial charge in [-0.15, -0.1) is 0 Å². The minimum atomic E-state index is -3.20. The summed E-state index contributed by atoms with van der Waals surface area (Å²) in [6.45, 7) is 5.14. The summed E-state index contributed by atoms with van der Waals surface area (Å²) in [6, 6.07) is 0.124. The fourth-order valence-corrected chi connectivity index (χ4v) is 4.32. The lowest BCUT2D eigenvalue weighted by atomic mass is 10.5. The second kappa shape index (κ2) is 9.61. The molecule has 26 heavy (non-hydrogen) atoms. The molecule has 0 saturated carbocycles. The van der Waals surface area contributed by atoms with Gasteiger partial charge in [-0.3, -0.25) is 4.57 Å². The van der Waals surface area contributed by atoms with E-state index in [0.717, 1.165) is 0 Å². The first-order valence-corrected chi connectivity index (χ1v) is 10.6. The smallest absolute Gasteiger partial charge is 0.332 e. The van der Waals surface area contributed by atoms with Crippen LogP contribution in [-0.4, -0.2) is 59.2 Å². The first kappa shape index (κ1) is 21.0. The number of nitrogens with zero attached hydrogens (tertiary/aromatic N) is 4. The summed E-state index contributed by atoms with van der Waals surface area (Å²) in [5.41, 5.74) is 6.86. The van der Waals surface area contributed by atoms with Gasteiger partial charge in [0.05, 0.1) is 26.0 Å². The minimum Gasteiger partial charge on any atom is -0.461 e. The number of anilines is 1. The molecule has 0 atom stereocenters. The molecule has 0 aromatic carbocycles. The molecular formula is C14H23BrN5O5P. The van der Waals surface area contributed by atoms with Crippen LogP contribution >= 0.6 is 23.5 Å². The molecule has 12 heteroatoms. The molecular weight excluding hydrogens is 429 g/mol. The number of hydrogen-bond donors (Lipinski definition) is 1. The van der Waals surface area contributed by atoms with Crippen molar-refractivity contribution in [2.75, 3.05) is 45.4 Å². The Morgan fingerprint density at radius 1 is 1.15 bits per heavy atom. The topological polar surface area (TPSA) is 124 Å². The van der Waals surface area contributed by atoms with E-state index >= 15 is 0 Å². The number of aryl methyl sites for hydroxylation is 1. The van der Waals surface area contributed by atoms with Crippen LogP contribution in [0, 0.1) is 0 Å². The molecule has 0 bridgehead atoms. The molecule has 146 valence electrons. The Labute approximate surface area is 160 Å². The molecule has 0 amide bonds. The maximum atomic E-state index is 12.7. The normalized spacial score (nSPS) is 12.0. The van der Waals surface area contributed by atoms with E-state index in [0.29, 0.717) is 48.9 Å². The zero-order chi connectivity index (χ0) is 19.2. The van der Waals surface area contributed by atoms with Crippen molar-refractivity contribution in [2.45, 2.75) is 20.4 Å². The zero-order valence-corrected chi connectivity index (χ0v) is 17.5. The highest BCUT2D eigenvalue weighted by atomic mass is 79.9. The molecule has 0 spiro atoms. The van der Waals surface area contributed by atoms with Gasteiger partial charge in [-0.1, -0.05) is 0 Å². The molecule has 2 aromatic rings. The van der Waals surface area contributed by atoms with E-state index in [-0.39, 0.29) is 18.0 Å². The summed E-state index contributed by atoms with van der Waals surface area (Å²) in [4.78, 5) is 12.8. The van der Waals surface area contributed by atoms with E-state index < -0.39 is 7.60 Å². The third kappa shape index (κ3) is 5.14. The number of methoxy groups -OCH3 is 1. The molecule has 2 aromatic heterocycles. The van der Waals surface area contributed by atoms with Crippen molar-refractivity contribution in [3.63, 3.8) is 0 Å². The number of fused-ring (bicyclic) bond motifs is 1. The average molecular weight is 452 g/mol. The fourth-order valence-electron chi connectivity index (χ4n) is 2.24. The van der Waals surface area contributed by atoms with Crippen molar-refractivity contribution < 1.29 is 23.1 Å². The molecule has 2 N–H and O–H groups in total. The summed E-state index contributed by atoms with van der Waals surface area (Å²) in [6.07, 6.45) is 0.169. The van der Waals surface area contributed by atoms with Crippen LogP contribution in [0.15, 0.2) is 4.73 Å². The first-order valence-electron chi connectivity index (χ1n) is 8.13. The lowest BCUT2D eigenvalue weighted by Gasteiger charge is -2.17. The minimum absolute atomic E-state index is 0.124. The third-order valence-corrected chi connectivity index (χ3v) is 5.98. The summed E-state index contributed by atoms with van der Waals surface area (Å²) < 4.78 is 35.9. The molecule has 2 heterocycles. The van der Waals surface area contributed by atoms with Crippen LogP contribution in [0.25, 0.3) is 11.2 Å². The summed E-state index contributed by atoms with van der Waals surface area (Å²) in [5, 5.41) is 0. The van der Waals surface area contributed by atoms with Crippen LogP contribution in [0.3, 0.4) is 0 Å². The van der Waals surface area contributed by atoms with Crippen molar-refractivity contribution in [3.8, 4) is 6.01 Å². The van der Waals surface area contributed by atoms with Crippen LogP contribution < -0.4 is 10.5 Å². The van der Waals surface area contributed by atoms with Gasteiger partial charge < -0.3 is 28.8 Å². The second-order valence-electron chi connectivity index (χ2n) is 5.11. The van der Waals surface area contributed by atoms with Gasteiger partial charge >= 0.3 is 13.6 Å². The fraction of sp³-hybridized carbons (Fsp3) is 0.643. The van der Waals surface area contributed by atoms with Gasteiger partial charge in [0.15, 0.2) is 21.7 Å². The first-order chi connectivity index (χ1) is 12.4. The molecule has 0 aliphatic carbocycles. The summed E-state index contributed by atoms with van der Waals surface area (Å²) in [5.74, 6) is 0.194. The third-order valence-electron chi connectivity index (χ3n) is 3.32. The van der Waals surface area contributed by atoms with Gasteiger partial charge in [0.1, 0.15) is 6.61 Å². The van der Waals surface area contributed by atoms with Gasteiger partial charge in [0.25, 0.3) is 0 Å². The largest absolute Gasteiger partial charge is 0.461 e. The highest BCUT2D eigenvalue weighted by molar-refractivity contribution is 9.10. The van der Waals surface area contributed by atoms with Crippen LogP contribution in [-0.2, 0) is 24.9 Å². The van der Waals surface area contributed by atoms with Crippen molar-refractivity contribution in [1.82, 2.24) is 19.5 Å². The van der Waals surface area contributed by atoms with Crippen molar-refractivity contribution in [1.29, 1.82) is 0 Å². The average Bonchev–Trinajstić information content (AvgIpc) is 2.90. The zero-order valence-electron chi connectivity index (χ0n) is 15.0. The second-order valence-corrected chi connectivity index (χ2v) is 8.00. The molecule has 0 unspecified atom stereocenters. The van der Waals surface area contributed by atoms with E-state index in [4.69, 9.17) is 24.3 Å².